The molecule has 0 amide bonds. The monoisotopic (exact) mass is 260 g/mol. The number of hydrogen-bond donors (Lipinski definition) is 0. The van der Waals surface area contributed by atoms with Crippen molar-refractivity contribution in [2.45, 2.75) is 51.9 Å². The molecule has 19 heavy (non-hydrogen) atoms. The molecule has 0 unspecified atom stereocenters. The number of rotatable bonds is 6. The Morgan fingerprint density at radius 2 is 2.05 bits per heavy atom. The van der Waals surface area contributed by atoms with Gasteiger partial charge in [0.1, 0.15) is 0 Å². The molecule has 0 spiro atoms. The zero-order valence-corrected chi connectivity index (χ0v) is 12.0. The van der Waals surface area contributed by atoms with Crippen molar-refractivity contribution in [2.24, 2.45) is 0 Å². The third-order valence-corrected chi connectivity index (χ3v) is 3.36. The summed E-state index contributed by atoms with van der Waals surface area (Å²) in [5.74, 6) is 0. The topological polar surface area (TPSA) is 18.5 Å². The van der Waals surface area contributed by atoms with Crippen LogP contribution in [-0.2, 0) is 9.47 Å². The minimum atomic E-state index is -0.146. The van der Waals surface area contributed by atoms with Crippen molar-refractivity contribution in [3.8, 4) is 0 Å². The van der Waals surface area contributed by atoms with Gasteiger partial charge in [0, 0.05) is 0 Å². The molecule has 0 radical (unpaired) electrons. The van der Waals surface area contributed by atoms with E-state index in [4.69, 9.17) is 9.47 Å². The summed E-state index contributed by atoms with van der Waals surface area (Å²) in [6, 6.07) is 10.4. The maximum absolute atomic E-state index is 5.84. The lowest BCUT2D eigenvalue weighted by atomic mass is 10.0. The second-order valence-electron chi connectivity index (χ2n) is 5.20. The third-order valence-electron chi connectivity index (χ3n) is 3.36. The van der Waals surface area contributed by atoms with E-state index in [0.717, 1.165) is 6.42 Å². The van der Waals surface area contributed by atoms with Crippen molar-refractivity contribution in [1.82, 2.24) is 0 Å². The molecule has 2 atom stereocenters. The van der Waals surface area contributed by atoms with E-state index in [1.165, 1.54) is 30.4 Å². The van der Waals surface area contributed by atoms with Gasteiger partial charge >= 0.3 is 0 Å². The van der Waals surface area contributed by atoms with Crippen molar-refractivity contribution in [3.63, 3.8) is 0 Å². The Kier molecular flexibility index (Phi) is 5.62. The summed E-state index contributed by atoms with van der Waals surface area (Å²) in [6.45, 7) is 4.99. The van der Waals surface area contributed by atoms with Gasteiger partial charge in [-0.15, -0.1) is 0 Å². The largest absolute Gasteiger partial charge is 0.346 e. The zero-order chi connectivity index (χ0) is 13.5. The van der Waals surface area contributed by atoms with Gasteiger partial charge in [-0.05, 0) is 30.9 Å². The minimum absolute atomic E-state index is 0.146. The smallest absolute Gasteiger partial charge is 0.180 e. The highest BCUT2D eigenvalue weighted by Crippen LogP contribution is 2.25. The van der Waals surface area contributed by atoms with E-state index in [2.05, 4.69) is 44.2 Å². The van der Waals surface area contributed by atoms with Crippen LogP contribution in [0.15, 0.2) is 35.9 Å². The lowest BCUT2D eigenvalue weighted by Crippen LogP contribution is -2.13. The fourth-order valence-corrected chi connectivity index (χ4v) is 2.31. The van der Waals surface area contributed by atoms with Crippen LogP contribution in [0.5, 0.6) is 0 Å². The Balaban J connectivity index is 2.07. The molecule has 1 aromatic rings. The predicted octanol–water partition coefficient (Wildman–Crippen LogP) is 4.41. The number of unbranched alkanes of at least 4 members (excludes halogenated alkanes) is 2. The minimum Gasteiger partial charge on any atom is -0.346 e. The van der Waals surface area contributed by atoms with Crippen LogP contribution in [-0.4, -0.2) is 19.0 Å². The summed E-state index contributed by atoms with van der Waals surface area (Å²) in [5.41, 5.74) is 2.49. The van der Waals surface area contributed by atoms with Crippen LogP contribution in [0.2, 0.25) is 0 Å². The van der Waals surface area contributed by atoms with E-state index in [1.807, 2.05) is 6.07 Å². The highest BCUT2D eigenvalue weighted by atomic mass is 16.7. The van der Waals surface area contributed by atoms with E-state index in [1.54, 1.807) is 0 Å². The Labute approximate surface area is 116 Å². The molecular formula is C17H24O2. The van der Waals surface area contributed by atoms with E-state index < -0.39 is 0 Å². The third kappa shape index (κ3) is 4.48. The highest BCUT2D eigenvalue weighted by Gasteiger charge is 2.25. The van der Waals surface area contributed by atoms with Crippen molar-refractivity contribution in [2.75, 3.05) is 6.61 Å². The maximum atomic E-state index is 5.84. The van der Waals surface area contributed by atoms with Crippen LogP contribution in [0.1, 0.15) is 45.1 Å². The quantitative estimate of drug-likeness (QED) is 0.705. The van der Waals surface area contributed by atoms with E-state index in [-0.39, 0.29) is 12.4 Å². The molecule has 2 rings (SSSR count). The van der Waals surface area contributed by atoms with Gasteiger partial charge in [0.05, 0.1) is 12.7 Å². The average molecular weight is 260 g/mol. The van der Waals surface area contributed by atoms with E-state index in [0.29, 0.717) is 6.61 Å². The molecule has 1 saturated heterocycles. The molecule has 0 aromatic heterocycles. The molecule has 1 heterocycles. The summed E-state index contributed by atoms with van der Waals surface area (Å²) in [6.07, 6.45) is 7.03. The lowest BCUT2D eigenvalue weighted by molar-refractivity contribution is -0.0267. The Morgan fingerprint density at radius 1 is 1.26 bits per heavy atom. The Bertz CT molecular complexity index is 397. The molecule has 104 valence electrons. The van der Waals surface area contributed by atoms with E-state index in [9.17, 15) is 0 Å². The fourth-order valence-electron chi connectivity index (χ4n) is 2.31. The number of benzene rings is 1. The molecule has 1 aliphatic rings. The molecule has 0 aliphatic carbocycles. The van der Waals surface area contributed by atoms with Gasteiger partial charge in [-0.1, -0.05) is 56.2 Å². The first-order valence-corrected chi connectivity index (χ1v) is 7.32. The first-order valence-electron chi connectivity index (χ1n) is 7.32. The number of hydrogen-bond acceptors (Lipinski definition) is 2. The highest BCUT2D eigenvalue weighted by molar-refractivity contribution is 5.53. The summed E-state index contributed by atoms with van der Waals surface area (Å²) in [7, 11) is 0. The van der Waals surface area contributed by atoms with Crippen molar-refractivity contribution in [1.29, 1.82) is 0 Å². The van der Waals surface area contributed by atoms with Crippen LogP contribution in [0.25, 0.3) is 6.08 Å². The molecule has 0 bridgehead atoms. The van der Waals surface area contributed by atoms with Crippen LogP contribution in [0, 0.1) is 0 Å². The number of ether oxygens (including phenoxy) is 2. The lowest BCUT2D eigenvalue weighted by Gasteiger charge is -2.15. The normalized spacial score (nSPS) is 23.8. The predicted molar refractivity (Wildman–Crippen MR) is 78.8 cm³/mol. The summed E-state index contributed by atoms with van der Waals surface area (Å²) >= 11 is 0. The van der Waals surface area contributed by atoms with Gasteiger partial charge in [-0.25, -0.2) is 0 Å². The van der Waals surface area contributed by atoms with Crippen LogP contribution in [0.4, 0.5) is 0 Å². The van der Waals surface area contributed by atoms with Crippen LogP contribution in [0.3, 0.4) is 0 Å². The van der Waals surface area contributed by atoms with Crippen molar-refractivity contribution < 1.29 is 9.47 Å². The van der Waals surface area contributed by atoms with Crippen molar-refractivity contribution >= 4 is 6.08 Å². The van der Waals surface area contributed by atoms with Gasteiger partial charge in [-0.3, -0.25) is 0 Å². The Hall–Kier alpha value is -1.12. The van der Waals surface area contributed by atoms with Gasteiger partial charge in [0.2, 0.25) is 0 Å². The van der Waals surface area contributed by atoms with Gasteiger partial charge in [0.25, 0.3) is 0 Å². The molecular weight excluding hydrogens is 236 g/mol. The Morgan fingerprint density at radius 3 is 2.68 bits per heavy atom. The summed E-state index contributed by atoms with van der Waals surface area (Å²) < 4.78 is 11.6. The second-order valence-corrected chi connectivity index (χ2v) is 5.20. The molecule has 2 heteroatoms. The molecule has 1 aromatic carbocycles. The first-order chi connectivity index (χ1) is 9.29. The average Bonchev–Trinajstić information content (AvgIpc) is 2.86. The second kappa shape index (κ2) is 7.46. The molecule has 0 saturated carbocycles. The zero-order valence-electron chi connectivity index (χ0n) is 12.0. The van der Waals surface area contributed by atoms with Gasteiger partial charge in [-0.2, -0.15) is 0 Å². The van der Waals surface area contributed by atoms with Crippen molar-refractivity contribution in [3.05, 3.63) is 41.5 Å². The molecule has 1 fully saturated rings. The standard InChI is InChI=1S/C17H24O2/c1-3-4-6-11-16(17-18-13-14(2)19-17)12-15-9-7-5-8-10-15/h5,7-10,12,14,17H,3-4,6,11,13H2,1-2H3/b16-12+/t14-,17+/m0/s1. The van der Waals surface area contributed by atoms with Gasteiger partial charge in [0.15, 0.2) is 6.29 Å². The first kappa shape index (κ1) is 14.3. The maximum Gasteiger partial charge on any atom is 0.180 e. The van der Waals surface area contributed by atoms with E-state index >= 15 is 0 Å². The fraction of sp³-hybridized carbons (Fsp3) is 0.529. The molecule has 2 nitrogen and oxygen atoms in total. The molecule has 1 aliphatic heterocycles. The van der Waals surface area contributed by atoms with Gasteiger partial charge < -0.3 is 9.47 Å². The van der Waals surface area contributed by atoms with Crippen LogP contribution < -0.4 is 0 Å². The van der Waals surface area contributed by atoms with Crippen LogP contribution >= 0.6 is 0 Å². The summed E-state index contributed by atoms with van der Waals surface area (Å²) in [5, 5.41) is 0. The SMILES string of the molecule is CCCCC/C(=C\c1ccccc1)[C@@H]1OC[C@H](C)O1. The summed E-state index contributed by atoms with van der Waals surface area (Å²) in [4.78, 5) is 0. The molecule has 0 N–H and O–H groups in total.